The summed E-state index contributed by atoms with van der Waals surface area (Å²) in [7, 11) is 2.12. The van der Waals surface area contributed by atoms with E-state index in [0.717, 1.165) is 24.0 Å². The minimum Gasteiger partial charge on any atom is -0.454 e. The maximum Gasteiger partial charge on any atom is 0.216 e. The number of pyridine rings is 1. The lowest BCUT2D eigenvalue weighted by Gasteiger charge is -2.29. The molecule has 164 valence electrons. The average Bonchev–Trinajstić information content (AvgIpc) is 3.33. The molecule has 0 fully saturated rings. The van der Waals surface area contributed by atoms with E-state index in [2.05, 4.69) is 106 Å². The number of aryl methyl sites for hydroxylation is 3. The van der Waals surface area contributed by atoms with Gasteiger partial charge in [0, 0.05) is 33.4 Å². The molecule has 6 rings (SSSR count). The molecule has 0 saturated heterocycles. The molecule has 0 aliphatic heterocycles. The van der Waals surface area contributed by atoms with E-state index >= 15 is 0 Å². The third-order valence-electron chi connectivity index (χ3n) is 7.99. The number of fused-ring (bicyclic) bond motifs is 7. The topological polar surface area (TPSA) is 17.0 Å². The Morgan fingerprint density at radius 2 is 1.45 bits per heavy atom. The van der Waals surface area contributed by atoms with Gasteiger partial charge in [-0.25, -0.2) is 4.57 Å². The smallest absolute Gasteiger partial charge is 0.216 e. The van der Waals surface area contributed by atoms with Crippen molar-refractivity contribution in [1.29, 1.82) is 0 Å². The van der Waals surface area contributed by atoms with Crippen molar-refractivity contribution in [3.8, 4) is 22.4 Å². The van der Waals surface area contributed by atoms with Gasteiger partial charge >= 0.3 is 0 Å². The first-order chi connectivity index (χ1) is 16.0. The molecule has 0 unspecified atom stereocenters. The summed E-state index contributed by atoms with van der Waals surface area (Å²) in [6.45, 7) is 8.95. The van der Waals surface area contributed by atoms with Gasteiger partial charge in [-0.1, -0.05) is 62.4 Å². The van der Waals surface area contributed by atoms with Gasteiger partial charge in [0.1, 0.15) is 18.2 Å². The number of benzene rings is 3. The zero-order valence-electron chi connectivity index (χ0n) is 20.1. The van der Waals surface area contributed by atoms with Gasteiger partial charge in [0.05, 0.1) is 5.56 Å². The first kappa shape index (κ1) is 20.2. The van der Waals surface area contributed by atoms with Crippen LogP contribution < -0.4 is 4.57 Å². The van der Waals surface area contributed by atoms with Crippen molar-refractivity contribution in [2.75, 3.05) is 0 Å². The second-order valence-corrected chi connectivity index (χ2v) is 9.64. The van der Waals surface area contributed by atoms with Crippen molar-refractivity contribution in [2.24, 2.45) is 7.05 Å². The summed E-state index contributed by atoms with van der Waals surface area (Å²) in [4.78, 5) is 0. The summed E-state index contributed by atoms with van der Waals surface area (Å²) in [5.74, 6) is 0. The Balaban J connectivity index is 1.74. The van der Waals surface area contributed by atoms with Gasteiger partial charge in [0.15, 0.2) is 6.20 Å². The van der Waals surface area contributed by atoms with Gasteiger partial charge in [-0.05, 0) is 55.0 Å². The lowest BCUT2D eigenvalue weighted by molar-refractivity contribution is -0.660. The van der Waals surface area contributed by atoms with Crippen LogP contribution in [0.5, 0.6) is 0 Å². The Morgan fingerprint density at radius 3 is 2.18 bits per heavy atom. The molecule has 33 heavy (non-hydrogen) atoms. The number of hydrogen-bond acceptors (Lipinski definition) is 1. The Morgan fingerprint density at radius 1 is 0.758 bits per heavy atom. The zero-order chi connectivity index (χ0) is 22.9. The number of furan rings is 1. The molecule has 0 amide bonds. The Kier molecular flexibility index (Phi) is 4.32. The molecule has 5 aromatic rings. The van der Waals surface area contributed by atoms with Crippen molar-refractivity contribution in [1.82, 2.24) is 0 Å². The number of hydrogen-bond donors (Lipinski definition) is 0. The van der Waals surface area contributed by atoms with Gasteiger partial charge in [0.2, 0.25) is 5.69 Å². The van der Waals surface area contributed by atoms with Crippen LogP contribution in [0, 0.1) is 13.8 Å². The van der Waals surface area contributed by atoms with Gasteiger partial charge in [-0.2, -0.15) is 0 Å². The lowest BCUT2D eigenvalue weighted by atomic mass is 9.74. The summed E-state index contributed by atoms with van der Waals surface area (Å²) in [5.41, 5.74) is 12.4. The number of rotatable bonds is 3. The molecule has 0 atom stereocenters. The third kappa shape index (κ3) is 2.58. The first-order valence-electron chi connectivity index (χ1n) is 12.1. The Hall–Kier alpha value is -3.39. The van der Waals surface area contributed by atoms with Gasteiger partial charge in [0.25, 0.3) is 0 Å². The van der Waals surface area contributed by atoms with E-state index in [9.17, 15) is 0 Å². The van der Waals surface area contributed by atoms with Crippen LogP contribution in [0.3, 0.4) is 0 Å². The van der Waals surface area contributed by atoms with Crippen LogP contribution in [-0.2, 0) is 12.5 Å². The van der Waals surface area contributed by atoms with Gasteiger partial charge in [-0.15, -0.1) is 0 Å². The van der Waals surface area contributed by atoms with E-state index in [1.807, 2.05) is 0 Å². The Labute approximate surface area is 195 Å². The molecule has 2 nitrogen and oxygen atoms in total. The third-order valence-corrected chi connectivity index (χ3v) is 7.99. The van der Waals surface area contributed by atoms with Crippen molar-refractivity contribution >= 4 is 21.9 Å². The van der Waals surface area contributed by atoms with Crippen LogP contribution in [0.1, 0.15) is 48.9 Å². The van der Waals surface area contributed by atoms with Crippen LogP contribution in [0.2, 0.25) is 0 Å². The highest BCUT2D eigenvalue weighted by Crippen LogP contribution is 2.55. The molecule has 2 heteroatoms. The fourth-order valence-electron chi connectivity index (χ4n) is 6.27. The van der Waals surface area contributed by atoms with Crippen LogP contribution >= 0.6 is 0 Å². The average molecular weight is 433 g/mol. The molecular weight excluding hydrogens is 402 g/mol. The standard InChI is InChI=1S/C31H30NO/c1-6-31(7-2)24-11-9-8-10-23(24)28-25(31)16-15-22-21-14-13-20(4)27(29(21)33-30(22)28)26-17-12-19(3)18-32(26)5/h8-18H,6-7H2,1-5H3/q+1. The minimum atomic E-state index is 0.0568. The van der Waals surface area contributed by atoms with E-state index in [0.29, 0.717) is 0 Å². The summed E-state index contributed by atoms with van der Waals surface area (Å²) < 4.78 is 9.08. The predicted octanol–water partition coefficient (Wildman–Crippen LogP) is 7.78. The molecular formula is C31H30NO+. The molecule has 0 spiro atoms. The highest BCUT2D eigenvalue weighted by atomic mass is 16.3. The van der Waals surface area contributed by atoms with Crippen LogP contribution in [0.4, 0.5) is 0 Å². The predicted molar refractivity (Wildman–Crippen MR) is 137 cm³/mol. The SMILES string of the molecule is CCC1(CC)c2ccccc2-c2c1ccc1c2oc2c(-c3ccc(C)c[n+]3C)c(C)ccc21. The molecule has 2 heterocycles. The quantitative estimate of drug-likeness (QED) is 0.266. The summed E-state index contributed by atoms with van der Waals surface area (Å²) in [6, 6.07) is 22.4. The molecule has 0 bridgehead atoms. The van der Waals surface area contributed by atoms with Crippen LogP contribution in [-0.4, -0.2) is 0 Å². The van der Waals surface area contributed by atoms with E-state index < -0.39 is 0 Å². The summed E-state index contributed by atoms with van der Waals surface area (Å²) >= 11 is 0. The summed E-state index contributed by atoms with van der Waals surface area (Å²) in [5, 5.41) is 2.40. The van der Waals surface area contributed by atoms with Crippen molar-refractivity contribution in [3.05, 3.63) is 89.1 Å². The molecule has 1 aliphatic carbocycles. The fourth-order valence-corrected chi connectivity index (χ4v) is 6.27. The van der Waals surface area contributed by atoms with Crippen molar-refractivity contribution < 1.29 is 8.98 Å². The fraction of sp³-hybridized carbons (Fsp3) is 0.258. The lowest BCUT2D eigenvalue weighted by Crippen LogP contribution is -2.31. The minimum absolute atomic E-state index is 0.0568. The van der Waals surface area contributed by atoms with Crippen LogP contribution in [0.15, 0.2) is 71.3 Å². The van der Waals surface area contributed by atoms with Crippen molar-refractivity contribution in [3.63, 3.8) is 0 Å². The van der Waals surface area contributed by atoms with Crippen molar-refractivity contribution in [2.45, 2.75) is 46.0 Å². The second-order valence-electron chi connectivity index (χ2n) is 9.64. The molecule has 0 saturated carbocycles. The highest BCUT2D eigenvalue weighted by Gasteiger charge is 2.42. The molecule has 2 aromatic heterocycles. The maximum atomic E-state index is 6.87. The van der Waals surface area contributed by atoms with Crippen LogP contribution in [0.25, 0.3) is 44.3 Å². The first-order valence-corrected chi connectivity index (χ1v) is 12.1. The van der Waals surface area contributed by atoms with E-state index in [1.165, 1.54) is 55.4 Å². The van der Waals surface area contributed by atoms with E-state index in [4.69, 9.17) is 4.42 Å². The number of aromatic nitrogens is 1. The molecule has 3 aromatic carbocycles. The van der Waals surface area contributed by atoms with Gasteiger partial charge < -0.3 is 4.42 Å². The van der Waals surface area contributed by atoms with E-state index in [1.54, 1.807) is 0 Å². The Bertz CT molecular complexity index is 1570. The number of nitrogens with zero attached hydrogens (tertiary/aromatic N) is 1. The normalized spacial score (nSPS) is 14.1. The summed E-state index contributed by atoms with van der Waals surface area (Å²) in [6.07, 6.45) is 4.35. The molecule has 1 aliphatic rings. The zero-order valence-corrected chi connectivity index (χ0v) is 20.1. The van der Waals surface area contributed by atoms with E-state index in [-0.39, 0.29) is 5.41 Å². The molecule has 0 N–H and O–H groups in total. The second kappa shape index (κ2) is 7.05. The van der Waals surface area contributed by atoms with Gasteiger partial charge in [-0.3, -0.25) is 0 Å². The monoisotopic (exact) mass is 432 g/mol. The highest BCUT2D eigenvalue weighted by molar-refractivity contribution is 6.14. The maximum absolute atomic E-state index is 6.87. The largest absolute Gasteiger partial charge is 0.454 e. The molecule has 0 radical (unpaired) electrons.